The largest absolute Gasteiger partial charge is 0.495 e. The second-order valence-corrected chi connectivity index (χ2v) is 9.34. The van der Waals surface area contributed by atoms with E-state index in [9.17, 15) is 4.79 Å². The lowest BCUT2D eigenvalue weighted by molar-refractivity contribution is 0.0981. The van der Waals surface area contributed by atoms with E-state index in [0.717, 1.165) is 40.7 Å². The molecule has 0 aliphatic carbocycles. The second kappa shape index (κ2) is 11.5. The summed E-state index contributed by atoms with van der Waals surface area (Å²) in [6, 6.07) is 11.5. The molecule has 1 aromatic heterocycles. The summed E-state index contributed by atoms with van der Waals surface area (Å²) < 4.78 is 11.9. The van der Waals surface area contributed by atoms with E-state index in [1.54, 1.807) is 30.9 Å². The van der Waals surface area contributed by atoms with Crippen molar-refractivity contribution >= 4 is 44.4 Å². The van der Waals surface area contributed by atoms with Crippen LogP contribution in [-0.2, 0) is 0 Å². The van der Waals surface area contributed by atoms with Gasteiger partial charge in [0.2, 0.25) is 0 Å². The van der Waals surface area contributed by atoms with Crippen LogP contribution >= 0.6 is 23.1 Å². The average molecular weight is 474 g/mol. The number of hydrogen-bond acceptors (Lipinski definition) is 7. The van der Waals surface area contributed by atoms with E-state index >= 15 is 0 Å². The molecular weight excluding hydrogens is 442 g/mol. The zero-order valence-corrected chi connectivity index (χ0v) is 21.0. The second-order valence-electron chi connectivity index (χ2n) is 7.06. The Balaban J connectivity index is 2.08. The minimum Gasteiger partial charge on any atom is -0.495 e. The number of likely N-dealkylation sites (N-methyl/N-ethyl adjacent to an activating group) is 1. The summed E-state index contributed by atoms with van der Waals surface area (Å²) >= 11 is 3.14. The number of benzene rings is 2. The van der Waals surface area contributed by atoms with Gasteiger partial charge < -0.3 is 14.4 Å². The molecule has 1 heterocycles. The van der Waals surface area contributed by atoms with Crippen LogP contribution in [0.15, 0.2) is 41.3 Å². The molecule has 0 aliphatic rings. The van der Waals surface area contributed by atoms with Gasteiger partial charge in [0.05, 0.1) is 19.8 Å². The van der Waals surface area contributed by atoms with Gasteiger partial charge in [-0.3, -0.25) is 9.69 Å². The number of rotatable bonds is 11. The van der Waals surface area contributed by atoms with Crippen molar-refractivity contribution in [2.45, 2.75) is 25.7 Å². The number of carbonyl (C=O) groups is 1. The quantitative estimate of drug-likeness (QED) is 0.347. The lowest BCUT2D eigenvalue weighted by Gasteiger charge is -2.25. The van der Waals surface area contributed by atoms with E-state index in [2.05, 4.69) is 25.7 Å². The standard InChI is InChI=1S/C24H31N3O3S2/c1-6-26(7-2)15-16-27(23(28)17-11-9-10-12-20(17)31-8-3)24-25-21-18(29-4)13-14-19(30-5)22(21)32-24/h9-14H,6-8,15-16H2,1-5H3. The van der Waals surface area contributed by atoms with Gasteiger partial charge in [-0.2, -0.15) is 0 Å². The van der Waals surface area contributed by atoms with Gasteiger partial charge in [-0.1, -0.05) is 44.2 Å². The zero-order valence-electron chi connectivity index (χ0n) is 19.4. The number of nitrogens with zero attached hydrogens (tertiary/aromatic N) is 3. The molecule has 6 nitrogen and oxygen atoms in total. The number of thiazole rings is 1. The number of amides is 1. The van der Waals surface area contributed by atoms with Crippen molar-refractivity contribution in [2.75, 3.05) is 51.1 Å². The fourth-order valence-corrected chi connectivity index (χ4v) is 5.42. The molecule has 32 heavy (non-hydrogen) atoms. The first kappa shape index (κ1) is 24.4. The number of aromatic nitrogens is 1. The number of anilines is 1. The van der Waals surface area contributed by atoms with Crippen molar-refractivity contribution in [1.82, 2.24) is 9.88 Å². The van der Waals surface area contributed by atoms with Crippen LogP contribution in [0, 0.1) is 0 Å². The van der Waals surface area contributed by atoms with Crippen molar-refractivity contribution in [3.05, 3.63) is 42.0 Å². The highest BCUT2D eigenvalue weighted by Crippen LogP contribution is 2.40. The highest BCUT2D eigenvalue weighted by molar-refractivity contribution is 7.99. The summed E-state index contributed by atoms with van der Waals surface area (Å²) in [6.07, 6.45) is 0. The molecule has 0 fully saturated rings. The van der Waals surface area contributed by atoms with Crippen molar-refractivity contribution in [3.63, 3.8) is 0 Å². The van der Waals surface area contributed by atoms with Gasteiger partial charge in [0.1, 0.15) is 21.7 Å². The van der Waals surface area contributed by atoms with Gasteiger partial charge in [0, 0.05) is 18.0 Å². The van der Waals surface area contributed by atoms with Crippen LogP contribution in [0.2, 0.25) is 0 Å². The number of methoxy groups -OCH3 is 2. The molecule has 0 spiro atoms. The maximum Gasteiger partial charge on any atom is 0.261 e. The fraction of sp³-hybridized carbons (Fsp3) is 0.417. The highest BCUT2D eigenvalue weighted by atomic mass is 32.2. The van der Waals surface area contributed by atoms with Crippen LogP contribution in [0.1, 0.15) is 31.1 Å². The summed E-state index contributed by atoms with van der Waals surface area (Å²) in [5, 5.41) is 0.649. The van der Waals surface area contributed by atoms with E-state index in [4.69, 9.17) is 14.5 Å². The van der Waals surface area contributed by atoms with Gasteiger partial charge in [0.15, 0.2) is 5.13 Å². The number of carbonyl (C=O) groups excluding carboxylic acids is 1. The van der Waals surface area contributed by atoms with Crippen LogP contribution in [-0.4, -0.2) is 61.9 Å². The SMILES string of the molecule is CCSc1ccccc1C(=O)N(CCN(CC)CC)c1nc2c(OC)ccc(OC)c2s1. The molecule has 0 atom stereocenters. The molecule has 0 unspecified atom stereocenters. The van der Waals surface area contributed by atoms with Crippen LogP contribution in [0.3, 0.4) is 0 Å². The average Bonchev–Trinajstić information content (AvgIpc) is 3.26. The first-order valence-electron chi connectivity index (χ1n) is 10.8. The maximum absolute atomic E-state index is 13.8. The Morgan fingerprint density at radius 3 is 2.34 bits per heavy atom. The molecular formula is C24H31N3O3S2. The summed E-state index contributed by atoms with van der Waals surface area (Å²) in [4.78, 5) is 23.8. The van der Waals surface area contributed by atoms with Gasteiger partial charge in [-0.15, -0.1) is 11.8 Å². The Hall–Kier alpha value is -2.29. The summed E-state index contributed by atoms with van der Waals surface area (Å²) in [5.74, 6) is 2.26. The predicted octanol–water partition coefficient (Wildman–Crippen LogP) is 5.41. The van der Waals surface area contributed by atoms with E-state index in [0.29, 0.717) is 28.5 Å². The number of hydrogen-bond donors (Lipinski definition) is 0. The van der Waals surface area contributed by atoms with Gasteiger partial charge in [-0.25, -0.2) is 4.98 Å². The van der Waals surface area contributed by atoms with Crippen molar-refractivity contribution in [1.29, 1.82) is 0 Å². The lowest BCUT2D eigenvalue weighted by atomic mass is 10.2. The third-order valence-corrected chi connectivity index (χ3v) is 7.38. The van der Waals surface area contributed by atoms with Crippen molar-refractivity contribution in [3.8, 4) is 11.5 Å². The summed E-state index contributed by atoms with van der Waals surface area (Å²) in [6.45, 7) is 9.55. The monoisotopic (exact) mass is 473 g/mol. The van der Waals surface area contributed by atoms with E-state index < -0.39 is 0 Å². The topological polar surface area (TPSA) is 54.9 Å². The first-order valence-corrected chi connectivity index (χ1v) is 12.7. The molecule has 0 saturated heterocycles. The molecule has 0 bridgehead atoms. The van der Waals surface area contributed by atoms with Gasteiger partial charge in [0.25, 0.3) is 5.91 Å². The normalized spacial score (nSPS) is 11.2. The summed E-state index contributed by atoms with van der Waals surface area (Å²) in [5.41, 5.74) is 1.42. The van der Waals surface area contributed by atoms with E-state index in [-0.39, 0.29) is 5.91 Å². The Morgan fingerprint density at radius 1 is 1.00 bits per heavy atom. The molecule has 0 aliphatic heterocycles. The van der Waals surface area contributed by atoms with Crippen LogP contribution < -0.4 is 14.4 Å². The van der Waals surface area contributed by atoms with Crippen LogP contribution in [0.5, 0.6) is 11.5 Å². The Morgan fingerprint density at radius 2 is 1.69 bits per heavy atom. The highest BCUT2D eigenvalue weighted by Gasteiger charge is 2.25. The predicted molar refractivity (Wildman–Crippen MR) is 135 cm³/mol. The number of thioether (sulfide) groups is 1. The van der Waals surface area contributed by atoms with Crippen molar-refractivity contribution in [2.24, 2.45) is 0 Å². The minimum absolute atomic E-state index is 0.0364. The third kappa shape index (κ3) is 5.19. The molecule has 8 heteroatoms. The summed E-state index contributed by atoms with van der Waals surface area (Å²) in [7, 11) is 3.27. The van der Waals surface area contributed by atoms with Crippen LogP contribution in [0.4, 0.5) is 5.13 Å². The van der Waals surface area contributed by atoms with E-state index in [1.807, 2.05) is 36.4 Å². The third-order valence-electron chi connectivity index (χ3n) is 5.33. The molecule has 3 aromatic rings. The molecule has 1 amide bonds. The minimum atomic E-state index is -0.0364. The molecule has 3 rings (SSSR count). The van der Waals surface area contributed by atoms with Crippen molar-refractivity contribution < 1.29 is 14.3 Å². The zero-order chi connectivity index (χ0) is 23.1. The van der Waals surface area contributed by atoms with Gasteiger partial charge >= 0.3 is 0 Å². The van der Waals surface area contributed by atoms with Crippen LogP contribution in [0.25, 0.3) is 10.2 Å². The Bertz CT molecular complexity index is 1010. The van der Waals surface area contributed by atoms with Gasteiger partial charge in [-0.05, 0) is 43.1 Å². The fourth-order valence-electron chi connectivity index (χ4n) is 3.53. The van der Waals surface area contributed by atoms with E-state index in [1.165, 1.54) is 11.3 Å². The molecule has 0 radical (unpaired) electrons. The molecule has 0 saturated carbocycles. The number of fused-ring (bicyclic) bond motifs is 1. The Labute approximate surface area is 198 Å². The first-order chi connectivity index (χ1) is 15.6. The molecule has 172 valence electrons. The number of ether oxygens (including phenoxy) is 2. The molecule has 0 N–H and O–H groups in total. The maximum atomic E-state index is 13.8. The molecule has 2 aromatic carbocycles. The smallest absolute Gasteiger partial charge is 0.261 e. The Kier molecular flexibility index (Phi) is 8.78. The lowest BCUT2D eigenvalue weighted by Crippen LogP contribution is -2.39.